The van der Waals surface area contributed by atoms with E-state index in [2.05, 4.69) is 42.5 Å². The summed E-state index contributed by atoms with van der Waals surface area (Å²) < 4.78 is 34.6. The molecule has 3 N–H and O–H groups in total. The Labute approximate surface area is 207 Å². The summed E-state index contributed by atoms with van der Waals surface area (Å²) >= 11 is 0. The van der Waals surface area contributed by atoms with Crippen molar-refractivity contribution >= 4 is 32.5 Å². The zero-order chi connectivity index (χ0) is 25.3. The molecule has 188 valence electrons. The number of nitrogens with zero attached hydrogens (tertiary/aromatic N) is 3. The Morgan fingerprint density at radius 2 is 2.00 bits per heavy atom. The van der Waals surface area contributed by atoms with Gasteiger partial charge >= 0.3 is 0 Å². The number of hydrogen-bond acceptors (Lipinski definition) is 8. The largest absolute Gasteiger partial charge is 0.496 e. The number of aromatic amines is 2. The van der Waals surface area contributed by atoms with Gasteiger partial charge in [0.05, 0.1) is 53.7 Å². The lowest BCUT2D eigenvalue weighted by Crippen LogP contribution is -2.35. The number of imidazole rings is 1. The van der Waals surface area contributed by atoms with E-state index in [4.69, 9.17) is 9.47 Å². The quantitative estimate of drug-likeness (QED) is 0.344. The van der Waals surface area contributed by atoms with Gasteiger partial charge in [-0.2, -0.15) is 5.10 Å². The number of hydrogen-bond donors (Lipinski definition) is 3. The molecule has 3 heterocycles. The third-order valence-electron chi connectivity index (χ3n) is 6.02. The minimum Gasteiger partial charge on any atom is -0.496 e. The van der Waals surface area contributed by atoms with Crippen LogP contribution in [0.5, 0.6) is 5.75 Å². The predicted molar refractivity (Wildman–Crippen MR) is 134 cm³/mol. The van der Waals surface area contributed by atoms with Crippen LogP contribution in [0.2, 0.25) is 0 Å². The minimum atomic E-state index is -3.50. The predicted octanol–water partition coefficient (Wildman–Crippen LogP) is 2.45. The van der Waals surface area contributed by atoms with Crippen molar-refractivity contribution in [1.82, 2.24) is 25.1 Å². The second-order valence-electron chi connectivity index (χ2n) is 8.57. The lowest BCUT2D eigenvalue weighted by atomic mass is 10.2. The summed E-state index contributed by atoms with van der Waals surface area (Å²) in [5, 5.41) is 9.72. The number of benzene rings is 2. The van der Waals surface area contributed by atoms with E-state index < -0.39 is 15.7 Å². The molecule has 1 aliphatic rings. The van der Waals surface area contributed by atoms with Crippen LogP contribution in [0.1, 0.15) is 15.9 Å². The van der Waals surface area contributed by atoms with Crippen LogP contribution in [0.15, 0.2) is 47.5 Å². The van der Waals surface area contributed by atoms with Gasteiger partial charge < -0.3 is 19.8 Å². The van der Waals surface area contributed by atoms with E-state index in [0.717, 1.165) is 55.7 Å². The lowest BCUT2D eigenvalue weighted by Gasteiger charge is -2.26. The van der Waals surface area contributed by atoms with Gasteiger partial charge in [-0.05, 0) is 35.9 Å². The fourth-order valence-electron chi connectivity index (χ4n) is 4.14. The van der Waals surface area contributed by atoms with E-state index in [0.29, 0.717) is 17.2 Å². The average Bonchev–Trinajstić information content (AvgIpc) is 3.50. The molecule has 12 heteroatoms. The number of carbonyl (C=O) groups is 1. The number of ether oxygens (including phenoxy) is 2. The van der Waals surface area contributed by atoms with Crippen LogP contribution >= 0.6 is 0 Å². The van der Waals surface area contributed by atoms with E-state index in [1.165, 1.54) is 31.5 Å². The number of morpholine rings is 1. The van der Waals surface area contributed by atoms with E-state index >= 15 is 0 Å². The Kier molecular flexibility index (Phi) is 6.48. The molecule has 1 aliphatic heterocycles. The zero-order valence-electron chi connectivity index (χ0n) is 19.9. The van der Waals surface area contributed by atoms with Gasteiger partial charge in [0.1, 0.15) is 11.4 Å². The summed E-state index contributed by atoms with van der Waals surface area (Å²) in [6.07, 6.45) is 2.55. The summed E-state index contributed by atoms with van der Waals surface area (Å²) in [5.74, 6) is 0.226. The third-order valence-corrected chi connectivity index (χ3v) is 7.13. The molecule has 0 atom stereocenters. The zero-order valence-corrected chi connectivity index (χ0v) is 20.7. The Morgan fingerprint density at radius 3 is 2.75 bits per heavy atom. The van der Waals surface area contributed by atoms with Gasteiger partial charge in [-0.1, -0.05) is 6.07 Å². The van der Waals surface area contributed by atoms with Crippen LogP contribution < -0.4 is 10.1 Å². The Hall–Kier alpha value is -3.74. The summed E-state index contributed by atoms with van der Waals surface area (Å²) in [7, 11) is -2.09. The number of carbonyl (C=O) groups excluding carboxylic acids is 1. The minimum absolute atomic E-state index is 0.0195. The van der Waals surface area contributed by atoms with E-state index in [-0.39, 0.29) is 16.2 Å². The van der Waals surface area contributed by atoms with Crippen LogP contribution in [-0.4, -0.2) is 79.1 Å². The summed E-state index contributed by atoms with van der Waals surface area (Å²) in [6.45, 7) is 4.13. The highest BCUT2D eigenvalue weighted by Gasteiger charge is 2.20. The molecule has 0 radical (unpaired) electrons. The van der Waals surface area contributed by atoms with Crippen molar-refractivity contribution < 1.29 is 22.7 Å². The van der Waals surface area contributed by atoms with Gasteiger partial charge in [0.25, 0.3) is 5.91 Å². The highest BCUT2D eigenvalue weighted by atomic mass is 32.2. The molecular weight excluding hydrogens is 484 g/mol. The first kappa shape index (κ1) is 24.0. The number of nitrogens with one attached hydrogen (secondary N) is 3. The van der Waals surface area contributed by atoms with Crippen molar-refractivity contribution in [3.05, 3.63) is 53.7 Å². The number of sulfone groups is 1. The molecule has 5 rings (SSSR count). The van der Waals surface area contributed by atoms with Crippen LogP contribution in [0, 0.1) is 0 Å². The third kappa shape index (κ3) is 4.96. The maximum absolute atomic E-state index is 13.1. The van der Waals surface area contributed by atoms with Crippen molar-refractivity contribution in [2.45, 2.75) is 11.4 Å². The highest BCUT2D eigenvalue weighted by Crippen LogP contribution is 2.28. The monoisotopic (exact) mass is 510 g/mol. The van der Waals surface area contributed by atoms with E-state index in [1.54, 1.807) is 0 Å². The van der Waals surface area contributed by atoms with Crippen molar-refractivity contribution in [2.24, 2.45) is 0 Å². The molecule has 36 heavy (non-hydrogen) atoms. The van der Waals surface area contributed by atoms with Gasteiger partial charge in [0, 0.05) is 25.9 Å². The molecule has 2 aromatic carbocycles. The van der Waals surface area contributed by atoms with Crippen molar-refractivity contribution in [3.63, 3.8) is 0 Å². The molecule has 0 aliphatic carbocycles. The normalized spacial score (nSPS) is 14.7. The SMILES string of the molecule is COc1ccc(S(C)(=O)=O)cc1C(=O)Nc1cn[nH]c1-c1nc2ccc(CN3CCOCC3)cc2[nH]1. The van der Waals surface area contributed by atoms with Crippen molar-refractivity contribution in [2.75, 3.05) is 45.0 Å². The maximum atomic E-state index is 13.1. The van der Waals surface area contributed by atoms with Gasteiger partial charge in [0.2, 0.25) is 0 Å². The van der Waals surface area contributed by atoms with Crippen molar-refractivity contribution in [3.8, 4) is 17.3 Å². The van der Waals surface area contributed by atoms with Gasteiger partial charge in [-0.15, -0.1) is 0 Å². The Bertz CT molecular complexity index is 1520. The van der Waals surface area contributed by atoms with Gasteiger partial charge in [-0.3, -0.25) is 14.8 Å². The highest BCUT2D eigenvalue weighted by molar-refractivity contribution is 7.90. The fourth-order valence-corrected chi connectivity index (χ4v) is 4.78. The molecule has 0 bridgehead atoms. The van der Waals surface area contributed by atoms with Crippen LogP contribution in [0.3, 0.4) is 0 Å². The van der Waals surface area contributed by atoms with E-state index in [9.17, 15) is 13.2 Å². The second kappa shape index (κ2) is 9.72. The molecule has 4 aromatic rings. The molecule has 0 saturated carbocycles. The van der Waals surface area contributed by atoms with Crippen LogP contribution in [0.4, 0.5) is 5.69 Å². The van der Waals surface area contributed by atoms with E-state index in [1.807, 2.05) is 6.07 Å². The molecular formula is C24H26N6O5S. The second-order valence-corrected chi connectivity index (χ2v) is 10.6. The summed E-state index contributed by atoms with van der Waals surface area (Å²) in [5.41, 5.74) is 3.78. The first-order chi connectivity index (χ1) is 17.3. The molecule has 0 unspecified atom stereocenters. The number of amides is 1. The molecule has 2 aromatic heterocycles. The maximum Gasteiger partial charge on any atom is 0.259 e. The van der Waals surface area contributed by atoms with Crippen LogP contribution in [0.25, 0.3) is 22.6 Å². The smallest absolute Gasteiger partial charge is 0.259 e. The Morgan fingerprint density at radius 1 is 1.19 bits per heavy atom. The van der Waals surface area contributed by atoms with Crippen LogP contribution in [-0.2, 0) is 21.1 Å². The van der Waals surface area contributed by atoms with Gasteiger partial charge in [0.15, 0.2) is 15.7 Å². The number of aromatic nitrogens is 4. The fraction of sp³-hybridized carbons (Fsp3) is 0.292. The number of H-pyrrole nitrogens is 2. The number of anilines is 1. The first-order valence-electron chi connectivity index (χ1n) is 11.3. The molecule has 1 fully saturated rings. The van der Waals surface area contributed by atoms with Crippen molar-refractivity contribution in [1.29, 1.82) is 0 Å². The van der Waals surface area contributed by atoms with Gasteiger partial charge in [-0.25, -0.2) is 13.4 Å². The Balaban J connectivity index is 1.40. The number of fused-ring (bicyclic) bond motifs is 1. The first-order valence-corrected chi connectivity index (χ1v) is 13.2. The number of methoxy groups -OCH3 is 1. The standard InChI is InChI=1S/C24H26N6O5S/c1-34-21-6-4-16(36(2,32)33)12-17(21)24(31)28-20-13-25-29-22(20)23-26-18-5-3-15(11-19(18)27-23)14-30-7-9-35-10-8-30/h3-6,11-13H,7-10,14H2,1-2H3,(H,25,29)(H,26,27)(H,28,31). The summed E-state index contributed by atoms with van der Waals surface area (Å²) in [4.78, 5) is 23.4. The topological polar surface area (TPSA) is 142 Å². The molecule has 1 amide bonds. The molecule has 1 saturated heterocycles. The lowest BCUT2D eigenvalue weighted by molar-refractivity contribution is 0.0342. The average molecular weight is 511 g/mol. The molecule has 11 nitrogen and oxygen atoms in total. The number of rotatable bonds is 7. The summed E-state index contributed by atoms with van der Waals surface area (Å²) in [6, 6.07) is 10.2. The molecule has 0 spiro atoms.